The number of carbonyl (C=O) groups excluding carboxylic acids is 2. The summed E-state index contributed by atoms with van der Waals surface area (Å²) >= 11 is 0. The summed E-state index contributed by atoms with van der Waals surface area (Å²) in [6.07, 6.45) is 0.705. The second-order valence-electron chi connectivity index (χ2n) is 7.34. The fourth-order valence-corrected chi connectivity index (χ4v) is 5.58. The molecule has 0 spiro atoms. The number of sulfone groups is 1. The zero-order valence-corrected chi connectivity index (χ0v) is 16.2. The lowest BCUT2D eigenvalue weighted by atomic mass is 10.1. The first-order chi connectivity index (χ1) is 12.3. The number of aryl methyl sites for hydroxylation is 1. The summed E-state index contributed by atoms with van der Waals surface area (Å²) in [4.78, 5) is 28.7. The summed E-state index contributed by atoms with van der Waals surface area (Å²) in [6.45, 7) is 5.27. The third-order valence-corrected chi connectivity index (χ3v) is 7.08. The molecule has 0 bridgehead atoms. The average Bonchev–Trinajstić information content (AvgIpc) is 3.13. The van der Waals surface area contributed by atoms with Gasteiger partial charge >= 0.3 is 0 Å². The molecule has 2 aliphatic heterocycles. The third-order valence-electron chi connectivity index (χ3n) is 5.33. The number of carbonyl (C=O) groups is 2. The molecule has 0 aromatic heterocycles. The van der Waals surface area contributed by atoms with Crippen LogP contribution in [0.15, 0.2) is 24.3 Å². The standard InChI is InChI=1S/C19H26N2O4S/c1-3-21(17-8-9-26(24,25)13-17)19(23)16-10-18(22)20(12-16)11-15-6-4-14(2)5-7-15/h4-7,16-17H,3,8-13H2,1-2H3/t16-,17-/m0/s1. The van der Waals surface area contributed by atoms with Crippen LogP contribution in [0.2, 0.25) is 0 Å². The van der Waals surface area contributed by atoms with E-state index in [0.717, 1.165) is 5.56 Å². The van der Waals surface area contributed by atoms with Gasteiger partial charge < -0.3 is 9.80 Å². The molecule has 1 aromatic rings. The molecular weight excluding hydrogens is 352 g/mol. The molecule has 6 nitrogen and oxygen atoms in total. The Labute approximate surface area is 155 Å². The molecular formula is C19H26N2O4S. The van der Waals surface area contributed by atoms with E-state index >= 15 is 0 Å². The van der Waals surface area contributed by atoms with E-state index in [1.165, 1.54) is 5.56 Å². The van der Waals surface area contributed by atoms with E-state index in [2.05, 4.69) is 0 Å². The molecule has 1 aromatic carbocycles. The van der Waals surface area contributed by atoms with Gasteiger partial charge in [-0.15, -0.1) is 0 Å². The zero-order valence-electron chi connectivity index (χ0n) is 15.3. The van der Waals surface area contributed by atoms with Crippen LogP contribution < -0.4 is 0 Å². The van der Waals surface area contributed by atoms with E-state index in [-0.39, 0.29) is 41.7 Å². The number of benzene rings is 1. The maximum absolute atomic E-state index is 12.9. The first kappa shape index (κ1) is 18.9. The molecule has 0 saturated carbocycles. The highest BCUT2D eigenvalue weighted by Crippen LogP contribution is 2.25. The molecule has 2 saturated heterocycles. The Hall–Kier alpha value is -1.89. The van der Waals surface area contributed by atoms with Crippen molar-refractivity contribution in [2.24, 2.45) is 5.92 Å². The predicted octanol–water partition coefficient (Wildman–Crippen LogP) is 1.38. The Kier molecular flexibility index (Phi) is 5.37. The summed E-state index contributed by atoms with van der Waals surface area (Å²) in [7, 11) is -3.04. The lowest BCUT2D eigenvalue weighted by molar-refractivity contribution is -0.137. The molecule has 2 aliphatic rings. The summed E-state index contributed by atoms with van der Waals surface area (Å²) in [6, 6.07) is 7.77. The van der Waals surface area contributed by atoms with Crippen molar-refractivity contribution >= 4 is 21.7 Å². The van der Waals surface area contributed by atoms with Crippen molar-refractivity contribution in [2.75, 3.05) is 24.6 Å². The van der Waals surface area contributed by atoms with Crippen LogP contribution >= 0.6 is 0 Å². The fourth-order valence-electron chi connectivity index (χ4n) is 3.85. The molecule has 0 radical (unpaired) electrons. The quantitative estimate of drug-likeness (QED) is 0.776. The van der Waals surface area contributed by atoms with Gasteiger partial charge in [0.15, 0.2) is 9.84 Å². The van der Waals surface area contributed by atoms with Gasteiger partial charge in [0.25, 0.3) is 0 Å². The molecule has 2 fully saturated rings. The summed E-state index contributed by atoms with van der Waals surface area (Å²) in [5.74, 6) is -0.296. The van der Waals surface area contributed by atoms with Crippen molar-refractivity contribution in [2.45, 2.75) is 39.3 Å². The lowest BCUT2D eigenvalue weighted by Crippen LogP contribution is -2.44. The van der Waals surface area contributed by atoms with Crippen molar-refractivity contribution in [1.29, 1.82) is 0 Å². The fraction of sp³-hybridized carbons (Fsp3) is 0.579. The van der Waals surface area contributed by atoms with Crippen molar-refractivity contribution < 1.29 is 18.0 Å². The molecule has 26 heavy (non-hydrogen) atoms. The Bertz CT molecular complexity index is 788. The minimum atomic E-state index is -3.04. The van der Waals surface area contributed by atoms with Gasteiger partial charge in [-0.2, -0.15) is 0 Å². The highest BCUT2D eigenvalue weighted by Gasteiger charge is 2.40. The minimum Gasteiger partial charge on any atom is -0.339 e. The van der Waals surface area contributed by atoms with E-state index < -0.39 is 9.84 Å². The highest BCUT2D eigenvalue weighted by molar-refractivity contribution is 7.91. The maximum atomic E-state index is 12.9. The Balaban J connectivity index is 1.65. The molecule has 2 atom stereocenters. The normalized spacial score (nSPS) is 24.8. The van der Waals surface area contributed by atoms with Crippen molar-refractivity contribution in [3.05, 3.63) is 35.4 Å². The maximum Gasteiger partial charge on any atom is 0.228 e. The summed E-state index contributed by atoms with van der Waals surface area (Å²) < 4.78 is 23.5. The lowest BCUT2D eigenvalue weighted by Gasteiger charge is -2.29. The Morgan fingerprint density at radius 3 is 2.54 bits per heavy atom. The summed E-state index contributed by atoms with van der Waals surface area (Å²) in [5.41, 5.74) is 2.21. The van der Waals surface area contributed by atoms with Crippen LogP contribution in [-0.4, -0.2) is 60.7 Å². The van der Waals surface area contributed by atoms with Gasteiger partial charge in [-0.1, -0.05) is 29.8 Å². The number of hydrogen-bond donors (Lipinski definition) is 0. The van der Waals surface area contributed by atoms with E-state index in [1.807, 2.05) is 38.1 Å². The van der Waals surface area contributed by atoms with Gasteiger partial charge in [0.2, 0.25) is 11.8 Å². The largest absolute Gasteiger partial charge is 0.339 e. The SMILES string of the molecule is CCN(C(=O)[C@H]1CC(=O)N(Cc2ccc(C)cc2)C1)[C@H]1CCS(=O)(=O)C1. The van der Waals surface area contributed by atoms with Gasteiger partial charge in [-0.25, -0.2) is 8.42 Å². The number of amides is 2. The molecule has 0 aliphatic carbocycles. The second kappa shape index (κ2) is 7.39. The second-order valence-corrected chi connectivity index (χ2v) is 9.57. The topological polar surface area (TPSA) is 74.8 Å². The van der Waals surface area contributed by atoms with Gasteiger partial charge in [0.05, 0.1) is 17.4 Å². The van der Waals surface area contributed by atoms with Gasteiger partial charge in [0, 0.05) is 32.1 Å². The molecule has 2 amide bonds. The summed E-state index contributed by atoms with van der Waals surface area (Å²) in [5, 5.41) is 0. The molecule has 0 N–H and O–H groups in total. The van der Waals surface area contributed by atoms with E-state index in [9.17, 15) is 18.0 Å². The molecule has 2 heterocycles. The van der Waals surface area contributed by atoms with Crippen LogP contribution in [0.5, 0.6) is 0 Å². The van der Waals surface area contributed by atoms with Crippen LogP contribution in [0.25, 0.3) is 0 Å². The van der Waals surface area contributed by atoms with Crippen LogP contribution in [0, 0.1) is 12.8 Å². The Morgan fingerprint density at radius 2 is 1.96 bits per heavy atom. The first-order valence-corrected chi connectivity index (χ1v) is 11.0. The van der Waals surface area contributed by atoms with Crippen LogP contribution in [0.3, 0.4) is 0 Å². The van der Waals surface area contributed by atoms with Crippen molar-refractivity contribution in [1.82, 2.24) is 9.80 Å². The molecule has 142 valence electrons. The molecule has 7 heteroatoms. The highest BCUT2D eigenvalue weighted by atomic mass is 32.2. The van der Waals surface area contributed by atoms with Crippen LogP contribution in [-0.2, 0) is 26.0 Å². The first-order valence-electron chi connectivity index (χ1n) is 9.13. The smallest absolute Gasteiger partial charge is 0.228 e. The number of hydrogen-bond acceptors (Lipinski definition) is 4. The minimum absolute atomic E-state index is 0.0148. The average molecular weight is 378 g/mol. The third kappa shape index (κ3) is 4.09. The molecule has 3 rings (SSSR count). The number of likely N-dealkylation sites (tertiary alicyclic amines) is 1. The van der Waals surface area contributed by atoms with E-state index in [4.69, 9.17) is 0 Å². The number of nitrogens with zero attached hydrogens (tertiary/aromatic N) is 2. The van der Waals surface area contributed by atoms with Crippen LogP contribution in [0.4, 0.5) is 0 Å². The molecule has 0 unspecified atom stereocenters. The monoisotopic (exact) mass is 378 g/mol. The van der Waals surface area contributed by atoms with E-state index in [0.29, 0.717) is 26.1 Å². The van der Waals surface area contributed by atoms with Gasteiger partial charge in [0.1, 0.15) is 0 Å². The van der Waals surface area contributed by atoms with Crippen molar-refractivity contribution in [3.63, 3.8) is 0 Å². The van der Waals surface area contributed by atoms with Gasteiger partial charge in [-0.05, 0) is 25.8 Å². The van der Waals surface area contributed by atoms with E-state index in [1.54, 1.807) is 9.80 Å². The number of rotatable bonds is 5. The zero-order chi connectivity index (χ0) is 18.9. The van der Waals surface area contributed by atoms with Gasteiger partial charge in [-0.3, -0.25) is 9.59 Å². The van der Waals surface area contributed by atoms with Crippen molar-refractivity contribution in [3.8, 4) is 0 Å². The predicted molar refractivity (Wildman–Crippen MR) is 99.1 cm³/mol. The van der Waals surface area contributed by atoms with Crippen LogP contribution in [0.1, 0.15) is 30.9 Å². The Morgan fingerprint density at radius 1 is 1.27 bits per heavy atom.